The van der Waals surface area contributed by atoms with Crippen molar-refractivity contribution in [2.24, 2.45) is 0 Å². The Kier molecular flexibility index (Phi) is 6.36. The van der Waals surface area contributed by atoms with E-state index in [1.54, 1.807) is 20.0 Å². The van der Waals surface area contributed by atoms with E-state index in [1.165, 1.54) is 5.56 Å². The van der Waals surface area contributed by atoms with Crippen LogP contribution in [0.4, 0.5) is 5.95 Å². The number of hydrogen-bond acceptors (Lipinski definition) is 6. The zero-order valence-corrected chi connectivity index (χ0v) is 19.0. The van der Waals surface area contributed by atoms with Crippen molar-refractivity contribution in [3.8, 4) is 0 Å². The molecule has 149 valence electrons. The van der Waals surface area contributed by atoms with Crippen molar-refractivity contribution in [3.05, 3.63) is 36.4 Å². The summed E-state index contributed by atoms with van der Waals surface area (Å²) in [5.74, 6) is 0.556. The Labute approximate surface area is 172 Å². The average Bonchev–Trinajstić information content (AvgIpc) is 3.08. The van der Waals surface area contributed by atoms with Gasteiger partial charge in [0.05, 0.1) is 0 Å². The fourth-order valence-corrected chi connectivity index (χ4v) is 5.13. The molecule has 1 atom stereocenters. The molecule has 0 saturated carbocycles. The van der Waals surface area contributed by atoms with Crippen LogP contribution in [-0.2, 0) is 5.21 Å². The summed E-state index contributed by atoms with van der Waals surface area (Å²) in [6.45, 7) is 9.89. The summed E-state index contributed by atoms with van der Waals surface area (Å²) in [5.41, 5.74) is 2.05. The molecule has 0 aliphatic heterocycles. The third-order valence-electron chi connectivity index (χ3n) is 4.66. The van der Waals surface area contributed by atoms with Crippen molar-refractivity contribution < 1.29 is 5.11 Å². The second kappa shape index (κ2) is 8.58. The molecule has 3 heterocycles. The first-order valence-corrected chi connectivity index (χ1v) is 11.9. The van der Waals surface area contributed by atoms with Gasteiger partial charge in [0, 0.05) is 0 Å². The van der Waals surface area contributed by atoms with Gasteiger partial charge in [-0.05, 0) is 0 Å². The molecule has 3 aromatic heterocycles. The summed E-state index contributed by atoms with van der Waals surface area (Å²) in [7, 11) is 0. The van der Waals surface area contributed by atoms with Gasteiger partial charge in [0.2, 0.25) is 0 Å². The van der Waals surface area contributed by atoms with E-state index in [0.717, 1.165) is 27.3 Å². The number of nitrogens with zero attached hydrogens (tertiary/aromatic N) is 5. The third kappa shape index (κ3) is 4.70. The van der Waals surface area contributed by atoms with Gasteiger partial charge in [-0.1, -0.05) is 0 Å². The monoisotopic (exact) mass is 443 g/mol. The van der Waals surface area contributed by atoms with Crippen LogP contribution in [0, 0.1) is 0 Å². The van der Waals surface area contributed by atoms with E-state index in [1.807, 2.05) is 25.5 Å². The van der Waals surface area contributed by atoms with Crippen LogP contribution in [0.3, 0.4) is 0 Å². The van der Waals surface area contributed by atoms with Gasteiger partial charge in [-0.15, -0.1) is 0 Å². The Morgan fingerprint density at radius 2 is 2.07 bits per heavy atom. The van der Waals surface area contributed by atoms with Gasteiger partial charge < -0.3 is 0 Å². The molecular weight excluding hydrogens is 415 g/mol. The van der Waals surface area contributed by atoms with Crippen LogP contribution >= 0.6 is 0 Å². The first-order valence-electron chi connectivity index (χ1n) is 9.59. The summed E-state index contributed by atoms with van der Waals surface area (Å²) in [6, 6.07) is 4.17. The van der Waals surface area contributed by atoms with E-state index in [-0.39, 0.29) is 27.8 Å². The maximum atomic E-state index is 10.4. The molecule has 0 amide bonds. The zero-order chi connectivity index (χ0) is 20.3. The molecule has 8 heteroatoms. The van der Waals surface area contributed by atoms with Gasteiger partial charge in [0.15, 0.2) is 0 Å². The molecule has 1 radical (unpaired) electrons. The number of fused-ring (bicyclic) bond motifs is 1. The summed E-state index contributed by atoms with van der Waals surface area (Å²) in [4.78, 5) is 18.4. The van der Waals surface area contributed by atoms with Crippen LogP contribution in [0.15, 0.2) is 30.9 Å². The number of aliphatic hydroxyl groups is 1. The Morgan fingerprint density at radius 1 is 1.29 bits per heavy atom. The van der Waals surface area contributed by atoms with Crippen molar-refractivity contribution in [1.29, 1.82) is 0 Å². The summed E-state index contributed by atoms with van der Waals surface area (Å²) >= 11 is -0.236. The molecule has 0 saturated heterocycles. The van der Waals surface area contributed by atoms with Crippen LogP contribution < -0.4 is 9.80 Å². The van der Waals surface area contributed by atoms with Crippen molar-refractivity contribution in [1.82, 2.24) is 24.5 Å². The third-order valence-corrected chi connectivity index (χ3v) is 7.04. The Balaban J connectivity index is 1.98. The van der Waals surface area contributed by atoms with E-state index in [4.69, 9.17) is 9.97 Å². The van der Waals surface area contributed by atoms with Crippen molar-refractivity contribution in [3.63, 3.8) is 0 Å². The van der Waals surface area contributed by atoms with Crippen LogP contribution in [0.2, 0.25) is 0 Å². The van der Waals surface area contributed by atoms with Crippen LogP contribution in [-0.4, -0.2) is 57.0 Å². The Morgan fingerprint density at radius 3 is 2.68 bits per heavy atom. The maximum absolute atomic E-state index is 10.4. The van der Waals surface area contributed by atoms with Crippen molar-refractivity contribution >= 4 is 37.3 Å². The second-order valence-electron chi connectivity index (χ2n) is 7.72. The normalized spacial score (nSPS) is 13.7. The minimum absolute atomic E-state index is 0.136. The van der Waals surface area contributed by atoms with Gasteiger partial charge in [0.25, 0.3) is 0 Å². The molecule has 2 N–H and O–H groups in total. The number of imidazole rings is 1. The first-order chi connectivity index (χ1) is 13.3. The van der Waals surface area contributed by atoms with Gasteiger partial charge in [-0.25, -0.2) is 0 Å². The minimum atomic E-state index is -0.866. The number of pyridine rings is 1. The molecule has 0 spiro atoms. The average molecular weight is 443 g/mol. The Hall–Kier alpha value is -1.98. The molecule has 0 bridgehead atoms. The van der Waals surface area contributed by atoms with Crippen LogP contribution in [0.5, 0.6) is 0 Å². The predicted molar refractivity (Wildman–Crippen MR) is 113 cm³/mol. The van der Waals surface area contributed by atoms with Gasteiger partial charge in [-0.2, -0.15) is 0 Å². The molecule has 3 rings (SSSR count). The molecule has 7 nitrogen and oxygen atoms in total. The van der Waals surface area contributed by atoms with E-state index in [9.17, 15) is 5.11 Å². The quantitative estimate of drug-likeness (QED) is 0.520. The number of nitrogens with one attached hydrogen (secondary N) is 1. The van der Waals surface area contributed by atoms with Gasteiger partial charge in [0.1, 0.15) is 0 Å². The Bertz CT molecular complexity index is 920. The molecular formula is C20H28AsN6O. The topological polar surface area (TPSA) is 88.8 Å². The van der Waals surface area contributed by atoms with E-state index in [2.05, 4.69) is 39.8 Å². The first kappa shape index (κ1) is 20.7. The zero-order valence-electron chi connectivity index (χ0n) is 17.1. The fourth-order valence-electron chi connectivity index (χ4n) is 3.05. The molecule has 28 heavy (non-hydrogen) atoms. The van der Waals surface area contributed by atoms with Gasteiger partial charge >= 0.3 is 173 Å². The van der Waals surface area contributed by atoms with E-state index >= 15 is 0 Å². The molecule has 0 fully saturated rings. The van der Waals surface area contributed by atoms with Crippen LogP contribution in [0.1, 0.15) is 52.6 Å². The molecule has 3 aromatic rings. The molecule has 0 aliphatic rings. The molecule has 0 unspecified atom stereocenters. The molecule has 0 aliphatic carbocycles. The summed E-state index contributed by atoms with van der Waals surface area (Å²) in [6.07, 6.45) is 6.31. The second-order valence-corrected chi connectivity index (χ2v) is 9.94. The fraction of sp³-hybridized carbons (Fsp3) is 0.500. The van der Waals surface area contributed by atoms with Crippen molar-refractivity contribution in [2.45, 2.75) is 63.9 Å². The number of hydrogen-bond donors (Lipinski definition) is 2. The van der Waals surface area contributed by atoms with E-state index in [0.29, 0.717) is 5.95 Å². The standard InChI is InChI=1S/C20H28AsN6O/c1-6-15(20(4,5)28)24-19-25-17(21-10-14-8-7-9-22-11-14)16-18(26-19)27(12-23-16)13(2)3/h7-9,11-13,15,28H,6,10H2,1-5H3,(H,24,25,26)/t15-/m0/s1. The number of rotatable bonds is 8. The predicted octanol–water partition coefficient (Wildman–Crippen LogP) is 2.29. The van der Waals surface area contributed by atoms with Crippen LogP contribution in [0.25, 0.3) is 11.2 Å². The SMILES string of the molecule is CC[C@H](Nc1nc([As]Cc2cccnc2)c2ncn(C(C)C)c2n1)C(C)(C)O. The molecule has 0 aromatic carbocycles. The summed E-state index contributed by atoms with van der Waals surface area (Å²) < 4.78 is 3.07. The number of aromatic nitrogens is 5. The van der Waals surface area contributed by atoms with E-state index < -0.39 is 5.60 Å². The summed E-state index contributed by atoms with van der Waals surface area (Å²) in [5, 5.41) is 14.7. The van der Waals surface area contributed by atoms with Gasteiger partial charge in [-0.3, -0.25) is 0 Å². The number of anilines is 1. The van der Waals surface area contributed by atoms with Crippen molar-refractivity contribution in [2.75, 3.05) is 5.32 Å².